The first-order valence-corrected chi connectivity index (χ1v) is 3.98. The number of guanidine groups is 1. The number of nitrogens with one attached hydrogen (secondary N) is 1. The fourth-order valence-corrected chi connectivity index (χ4v) is 1.34. The van der Waals surface area contributed by atoms with Crippen LogP contribution in [-0.4, -0.2) is 47.9 Å². The molecule has 2 unspecified atom stereocenters. The van der Waals surface area contributed by atoms with Crippen LogP contribution >= 0.6 is 0 Å². The fourth-order valence-electron chi connectivity index (χ4n) is 1.34. The minimum Gasteiger partial charge on any atom is -0.394 e. The average Bonchev–Trinajstić information content (AvgIpc) is 2.03. The number of nitrogens with zero attached hydrogens (tertiary/aromatic N) is 1. The number of aliphatic hydroxyl groups excluding tert-OH is 1. The van der Waals surface area contributed by atoms with Crippen molar-refractivity contribution < 1.29 is 9.84 Å². The monoisotopic (exact) mass is 173 g/mol. The summed E-state index contributed by atoms with van der Waals surface area (Å²) in [5.74, 6) is 0.0450. The SMILES string of the molecule is CC1CN(C(=N)N)CC(CO)O1. The number of ether oxygens (including phenoxy) is 1. The summed E-state index contributed by atoms with van der Waals surface area (Å²) in [6.07, 6.45) is -0.183. The van der Waals surface area contributed by atoms with Crippen LogP contribution in [0.5, 0.6) is 0 Å². The van der Waals surface area contributed by atoms with Crippen molar-refractivity contribution in [3.05, 3.63) is 0 Å². The summed E-state index contributed by atoms with van der Waals surface area (Å²) in [6.45, 7) is 3.02. The predicted octanol–water partition coefficient (Wildman–Crippen LogP) is -1.04. The van der Waals surface area contributed by atoms with Gasteiger partial charge in [-0.25, -0.2) is 0 Å². The molecule has 0 radical (unpaired) electrons. The zero-order valence-corrected chi connectivity index (χ0v) is 7.16. The highest BCUT2D eigenvalue weighted by atomic mass is 16.5. The van der Waals surface area contributed by atoms with Gasteiger partial charge < -0.3 is 20.5 Å². The van der Waals surface area contributed by atoms with E-state index in [4.69, 9.17) is 21.0 Å². The quantitative estimate of drug-likeness (QED) is 0.349. The predicted molar refractivity (Wildman–Crippen MR) is 44.9 cm³/mol. The summed E-state index contributed by atoms with van der Waals surface area (Å²) in [5.41, 5.74) is 5.32. The molecule has 1 saturated heterocycles. The number of hydrogen-bond acceptors (Lipinski definition) is 3. The van der Waals surface area contributed by atoms with Crippen molar-refractivity contribution in [1.29, 1.82) is 5.41 Å². The molecule has 0 aliphatic carbocycles. The van der Waals surface area contributed by atoms with E-state index in [1.165, 1.54) is 0 Å². The molecule has 12 heavy (non-hydrogen) atoms. The maximum Gasteiger partial charge on any atom is 0.188 e. The van der Waals surface area contributed by atoms with Crippen molar-refractivity contribution in [3.63, 3.8) is 0 Å². The van der Waals surface area contributed by atoms with Crippen molar-refractivity contribution in [2.45, 2.75) is 19.1 Å². The van der Waals surface area contributed by atoms with Crippen molar-refractivity contribution in [3.8, 4) is 0 Å². The Morgan fingerprint density at radius 3 is 2.92 bits per heavy atom. The third-order valence-electron chi connectivity index (χ3n) is 1.87. The molecule has 5 heteroatoms. The number of hydrogen-bond donors (Lipinski definition) is 3. The Morgan fingerprint density at radius 2 is 2.42 bits per heavy atom. The first-order valence-electron chi connectivity index (χ1n) is 3.98. The molecule has 1 heterocycles. The highest BCUT2D eigenvalue weighted by molar-refractivity contribution is 5.74. The molecule has 1 aliphatic heterocycles. The van der Waals surface area contributed by atoms with Gasteiger partial charge in [-0.2, -0.15) is 0 Å². The van der Waals surface area contributed by atoms with E-state index in [1.54, 1.807) is 4.90 Å². The highest BCUT2D eigenvalue weighted by Gasteiger charge is 2.24. The van der Waals surface area contributed by atoms with E-state index in [1.807, 2.05) is 6.92 Å². The van der Waals surface area contributed by atoms with Gasteiger partial charge in [-0.3, -0.25) is 5.41 Å². The second kappa shape index (κ2) is 3.73. The van der Waals surface area contributed by atoms with Crippen molar-refractivity contribution in [1.82, 2.24) is 4.90 Å². The Morgan fingerprint density at radius 1 is 1.75 bits per heavy atom. The molecule has 1 fully saturated rings. The Balaban J connectivity index is 2.51. The van der Waals surface area contributed by atoms with E-state index in [2.05, 4.69) is 0 Å². The maximum atomic E-state index is 8.85. The van der Waals surface area contributed by atoms with Gasteiger partial charge in [0.05, 0.1) is 18.8 Å². The summed E-state index contributed by atoms with van der Waals surface area (Å²) in [6, 6.07) is 0. The Bertz CT molecular complexity index is 174. The Kier molecular flexibility index (Phi) is 2.88. The van der Waals surface area contributed by atoms with Gasteiger partial charge in [-0.15, -0.1) is 0 Å². The molecule has 0 amide bonds. The standard InChI is InChI=1S/C7H15N3O2/c1-5-2-10(7(8)9)3-6(4-11)12-5/h5-6,11H,2-4H2,1H3,(H3,8,9). The molecule has 0 aromatic carbocycles. The van der Waals surface area contributed by atoms with Crippen LogP contribution in [0.4, 0.5) is 0 Å². The lowest BCUT2D eigenvalue weighted by Gasteiger charge is -2.36. The van der Waals surface area contributed by atoms with Crippen LogP contribution in [0.3, 0.4) is 0 Å². The van der Waals surface area contributed by atoms with E-state index in [9.17, 15) is 0 Å². The zero-order chi connectivity index (χ0) is 9.14. The zero-order valence-electron chi connectivity index (χ0n) is 7.16. The van der Waals surface area contributed by atoms with Gasteiger partial charge in [-0.05, 0) is 6.92 Å². The second-order valence-electron chi connectivity index (χ2n) is 3.04. The molecule has 4 N–H and O–H groups in total. The summed E-state index contributed by atoms with van der Waals surface area (Å²) >= 11 is 0. The van der Waals surface area contributed by atoms with Crippen LogP contribution in [0.1, 0.15) is 6.92 Å². The minimum absolute atomic E-state index is 0.0197. The van der Waals surface area contributed by atoms with Gasteiger partial charge in [0.25, 0.3) is 0 Å². The minimum atomic E-state index is -0.211. The lowest BCUT2D eigenvalue weighted by Crippen LogP contribution is -2.52. The largest absolute Gasteiger partial charge is 0.394 e. The van der Waals surface area contributed by atoms with Crippen LogP contribution in [0.15, 0.2) is 0 Å². The second-order valence-corrected chi connectivity index (χ2v) is 3.04. The summed E-state index contributed by atoms with van der Waals surface area (Å²) < 4.78 is 5.37. The van der Waals surface area contributed by atoms with Gasteiger partial charge in [0, 0.05) is 13.1 Å². The number of aliphatic hydroxyl groups is 1. The molecule has 0 bridgehead atoms. The van der Waals surface area contributed by atoms with Gasteiger partial charge in [0.1, 0.15) is 0 Å². The number of rotatable bonds is 1. The van der Waals surface area contributed by atoms with E-state index in [0.29, 0.717) is 13.1 Å². The average molecular weight is 173 g/mol. The summed E-state index contributed by atoms with van der Waals surface area (Å²) in [7, 11) is 0. The lowest BCUT2D eigenvalue weighted by atomic mass is 10.2. The molecular weight excluding hydrogens is 158 g/mol. The molecule has 1 rings (SSSR count). The van der Waals surface area contributed by atoms with Gasteiger partial charge in [0.15, 0.2) is 5.96 Å². The van der Waals surface area contributed by atoms with E-state index >= 15 is 0 Å². The fraction of sp³-hybridized carbons (Fsp3) is 0.857. The third kappa shape index (κ3) is 2.09. The molecule has 5 nitrogen and oxygen atoms in total. The lowest BCUT2D eigenvalue weighted by molar-refractivity contribution is -0.0789. The topological polar surface area (TPSA) is 82.6 Å². The smallest absolute Gasteiger partial charge is 0.188 e. The summed E-state index contributed by atoms with van der Waals surface area (Å²) in [4.78, 5) is 1.70. The van der Waals surface area contributed by atoms with Crippen LogP contribution in [0.25, 0.3) is 0 Å². The Hall–Kier alpha value is -0.810. The van der Waals surface area contributed by atoms with Crippen LogP contribution in [-0.2, 0) is 4.74 Å². The van der Waals surface area contributed by atoms with Crippen molar-refractivity contribution in [2.24, 2.45) is 5.73 Å². The molecule has 0 spiro atoms. The first kappa shape index (κ1) is 9.28. The van der Waals surface area contributed by atoms with Crippen molar-refractivity contribution in [2.75, 3.05) is 19.7 Å². The normalized spacial score (nSPS) is 30.3. The molecule has 0 aromatic rings. The molecule has 70 valence electrons. The number of nitrogens with two attached hydrogens (primary N) is 1. The molecule has 2 atom stereocenters. The highest BCUT2D eigenvalue weighted by Crippen LogP contribution is 2.09. The van der Waals surface area contributed by atoms with Crippen LogP contribution in [0, 0.1) is 5.41 Å². The van der Waals surface area contributed by atoms with Crippen LogP contribution < -0.4 is 5.73 Å². The van der Waals surface area contributed by atoms with Crippen molar-refractivity contribution >= 4 is 5.96 Å². The van der Waals surface area contributed by atoms with Gasteiger partial charge in [0.2, 0.25) is 0 Å². The van der Waals surface area contributed by atoms with E-state index < -0.39 is 0 Å². The van der Waals surface area contributed by atoms with E-state index in [-0.39, 0.29) is 24.8 Å². The summed E-state index contributed by atoms with van der Waals surface area (Å²) in [5, 5.41) is 16.1. The molecule has 0 aromatic heterocycles. The van der Waals surface area contributed by atoms with Crippen LogP contribution in [0.2, 0.25) is 0 Å². The third-order valence-corrected chi connectivity index (χ3v) is 1.87. The molecule has 1 aliphatic rings. The molecular formula is C7H15N3O2. The van der Waals surface area contributed by atoms with E-state index in [0.717, 1.165) is 0 Å². The van der Waals surface area contributed by atoms with Gasteiger partial charge >= 0.3 is 0 Å². The maximum absolute atomic E-state index is 8.85. The van der Waals surface area contributed by atoms with Gasteiger partial charge in [-0.1, -0.05) is 0 Å². The first-order chi connectivity index (χ1) is 5.63. The number of morpholine rings is 1. The molecule has 0 saturated carbocycles. The Labute approximate surface area is 71.6 Å².